The molecular formula is C22H29ClN4O3. The van der Waals surface area contributed by atoms with E-state index in [0.29, 0.717) is 48.6 Å². The zero-order chi connectivity index (χ0) is 21.3. The molecule has 1 aromatic carbocycles. The summed E-state index contributed by atoms with van der Waals surface area (Å²) in [5.41, 5.74) is 0.489. The van der Waals surface area contributed by atoms with Crippen molar-refractivity contribution in [3.8, 4) is 5.75 Å². The molecule has 2 fully saturated rings. The Labute approximate surface area is 182 Å². The van der Waals surface area contributed by atoms with Crippen LogP contribution in [-0.2, 0) is 11.3 Å². The van der Waals surface area contributed by atoms with Gasteiger partial charge in [0.05, 0.1) is 12.7 Å². The van der Waals surface area contributed by atoms with Crippen molar-refractivity contribution in [3.63, 3.8) is 0 Å². The van der Waals surface area contributed by atoms with E-state index in [1.54, 1.807) is 25.3 Å². The average molecular weight is 433 g/mol. The van der Waals surface area contributed by atoms with Gasteiger partial charge in [-0.15, -0.1) is 10.2 Å². The highest BCUT2D eigenvalue weighted by atomic mass is 35.5. The van der Waals surface area contributed by atoms with Crippen LogP contribution in [0.4, 0.5) is 0 Å². The minimum absolute atomic E-state index is 0.0354. The van der Waals surface area contributed by atoms with Crippen LogP contribution < -0.4 is 4.74 Å². The predicted octanol–water partition coefficient (Wildman–Crippen LogP) is 3.63. The van der Waals surface area contributed by atoms with Crippen LogP contribution in [-0.4, -0.2) is 59.0 Å². The molecule has 3 heterocycles. The van der Waals surface area contributed by atoms with Crippen molar-refractivity contribution in [1.29, 1.82) is 0 Å². The number of halogens is 1. The molecule has 2 saturated heterocycles. The molecule has 1 aromatic heterocycles. The van der Waals surface area contributed by atoms with E-state index >= 15 is 0 Å². The first-order chi connectivity index (χ1) is 14.4. The number of benzene rings is 1. The van der Waals surface area contributed by atoms with Gasteiger partial charge in [0.25, 0.3) is 5.91 Å². The van der Waals surface area contributed by atoms with E-state index in [4.69, 9.17) is 21.1 Å². The molecule has 30 heavy (non-hydrogen) atoms. The summed E-state index contributed by atoms with van der Waals surface area (Å²) >= 11 is 6.09. The summed E-state index contributed by atoms with van der Waals surface area (Å²) in [5, 5.41) is 9.26. The number of likely N-dealkylation sites (tertiary alicyclic amines) is 1. The van der Waals surface area contributed by atoms with Crippen LogP contribution >= 0.6 is 11.6 Å². The van der Waals surface area contributed by atoms with Crippen molar-refractivity contribution < 1.29 is 14.3 Å². The fourth-order valence-electron chi connectivity index (χ4n) is 4.84. The molecule has 2 aliphatic rings. The second-order valence-electron chi connectivity index (χ2n) is 8.79. The Bertz CT molecular complexity index is 908. The van der Waals surface area contributed by atoms with Crippen molar-refractivity contribution in [2.24, 2.45) is 11.3 Å². The smallest absolute Gasteiger partial charge is 0.257 e. The second-order valence-corrected chi connectivity index (χ2v) is 9.23. The number of amides is 1. The summed E-state index contributed by atoms with van der Waals surface area (Å²) < 4.78 is 13.2. The number of hydrogen-bond donors (Lipinski definition) is 0. The highest BCUT2D eigenvalue weighted by Crippen LogP contribution is 2.49. The van der Waals surface area contributed by atoms with Gasteiger partial charge < -0.3 is 18.9 Å². The van der Waals surface area contributed by atoms with Crippen molar-refractivity contribution in [2.75, 3.05) is 33.4 Å². The first-order valence-electron chi connectivity index (χ1n) is 10.5. The number of rotatable bonds is 5. The Morgan fingerprint density at radius 2 is 2.13 bits per heavy atom. The standard InChI is InChI=1S/C22H29ClN4O3/c1-15(2)11-27-14-24-25-20(27)18-12-26(13-22(18)6-8-30-9-7-22)21(28)17-5-4-16(23)10-19(17)29-3/h4-5,10,14-15,18H,6-9,11-13H2,1-3H3. The van der Waals surface area contributed by atoms with Crippen molar-refractivity contribution in [3.05, 3.63) is 40.9 Å². The lowest BCUT2D eigenvalue weighted by atomic mass is 9.71. The molecule has 4 rings (SSSR count). The van der Waals surface area contributed by atoms with Gasteiger partial charge in [-0.05, 0) is 37.0 Å². The van der Waals surface area contributed by atoms with Crippen LogP contribution in [0.5, 0.6) is 5.75 Å². The Kier molecular flexibility index (Phi) is 6.02. The molecule has 0 saturated carbocycles. The summed E-state index contributed by atoms with van der Waals surface area (Å²) in [5.74, 6) is 2.06. The number of methoxy groups -OCH3 is 1. The number of nitrogens with zero attached hydrogens (tertiary/aromatic N) is 4. The van der Waals surface area contributed by atoms with E-state index in [0.717, 1.165) is 25.2 Å². The zero-order valence-electron chi connectivity index (χ0n) is 17.8. The Morgan fingerprint density at radius 1 is 1.37 bits per heavy atom. The summed E-state index contributed by atoms with van der Waals surface area (Å²) in [6, 6.07) is 5.16. The topological polar surface area (TPSA) is 69.5 Å². The largest absolute Gasteiger partial charge is 0.496 e. The molecule has 162 valence electrons. The predicted molar refractivity (Wildman–Crippen MR) is 114 cm³/mol. The molecule has 0 N–H and O–H groups in total. The summed E-state index contributed by atoms with van der Waals surface area (Å²) in [4.78, 5) is 15.4. The van der Waals surface area contributed by atoms with Crippen LogP contribution in [0.15, 0.2) is 24.5 Å². The molecule has 0 aliphatic carbocycles. The van der Waals surface area contributed by atoms with Gasteiger partial charge in [0.2, 0.25) is 0 Å². The fourth-order valence-corrected chi connectivity index (χ4v) is 5.01. The van der Waals surface area contributed by atoms with E-state index in [9.17, 15) is 4.79 Å². The van der Waals surface area contributed by atoms with Gasteiger partial charge >= 0.3 is 0 Å². The molecule has 1 atom stereocenters. The van der Waals surface area contributed by atoms with Gasteiger partial charge in [-0.2, -0.15) is 0 Å². The third kappa shape index (κ3) is 3.93. The van der Waals surface area contributed by atoms with E-state index in [-0.39, 0.29) is 17.2 Å². The van der Waals surface area contributed by atoms with Crippen LogP contribution in [0, 0.1) is 11.3 Å². The van der Waals surface area contributed by atoms with Crippen molar-refractivity contribution in [1.82, 2.24) is 19.7 Å². The zero-order valence-corrected chi connectivity index (χ0v) is 18.6. The molecular weight excluding hydrogens is 404 g/mol. The molecule has 0 bridgehead atoms. The molecule has 8 heteroatoms. The lowest BCUT2D eigenvalue weighted by Gasteiger charge is -2.37. The van der Waals surface area contributed by atoms with Crippen LogP contribution in [0.2, 0.25) is 5.02 Å². The summed E-state index contributed by atoms with van der Waals surface area (Å²) in [6.07, 6.45) is 3.64. The monoisotopic (exact) mass is 432 g/mol. The van der Waals surface area contributed by atoms with Gasteiger partial charge in [-0.1, -0.05) is 25.4 Å². The Balaban J connectivity index is 1.67. The minimum Gasteiger partial charge on any atom is -0.496 e. The van der Waals surface area contributed by atoms with Gasteiger partial charge in [0, 0.05) is 49.2 Å². The first kappa shape index (κ1) is 21.1. The quantitative estimate of drug-likeness (QED) is 0.721. The number of ether oxygens (including phenoxy) is 2. The molecule has 7 nitrogen and oxygen atoms in total. The van der Waals surface area contributed by atoms with E-state index in [1.807, 2.05) is 11.2 Å². The Hall–Kier alpha value is -2.12. The van der Waals surface area contributed by atoms with Crippen molar-refractivity contribution in [2.45, 2.75) is 39.2 Å². The average Bonchev–Trinajstić information content (AvgIpc) is 3.32. The molecule has 2 aliphatic heterocycles. The van der Waals surface area contributed by atoms with E-state index in [2.05, 4.69) is 28.6 Å². The second kappa shape index (κ2) is 8.55. The molecule has 2 aromatic rings. The van der Waals surface area contributed by atoms with Gasteiger partial charge in [-0.25, -0.2) is 0 Å². The third-order valence-corrected chi connectivity index (χ3v) is 6.57. The normalized spacial score (nSPS) is 20.8. The molecule has 1 unspecified atom stereocenters. The number of hydrogen-bond acceptors (Lipinski definition) is 5. The highest BCUT2D eigenvalue weighted by molar-refractivity contribution is 6.30. The fraction of sp³-hybridized carbons (Fsp3) is 0.591. The lowest BCUT2D eigenvalue weighted by Crippen LogP contribution is -2.38. The molecule has 1 amide bonds. The number of carbonyl (C=O) groups is 1. The SMILES string of the molecule is COc1cc(Cl)ccc1C(=O)N1CC(c2nncn2CC(C)C)C2(CCOCC2)C1. The maximum Gasteiger partial charge on any atom is 0.257 e. The van der Waals surface area contributed by atoms with Crippen molar-refractivity contribution >= 4 is 17.5 Å². The summed E-state index contributed by atoms with van der Waals surface area (Å²) in [7, 11) is 1.56. The maximum absolute atomic E-state index is 13.5. The van der Waals surface area contributed by atoms with E-state index in [1.165, 1.54) is 0 Å². The van der Waals surface area contributed by atoms with Crippen LogP contribution in [0.25, 0.3) is 0 Å². The van der Waals surface area contributed by atoms with Crippen LogP contribution in [0.1, 0.15) is 48.8 Å². The number of aromatic nitrogens is 3. The van der Waals surface area contributed by atoms with Crippen LogP contribution in [0.3, 0.4) is 0 Å². The molecule has 0 radical (unpaired) electrons. The van der Waals surface area contributed by atoms with Gasteiger partial charge in [0.1, 0.15) is 17.9 Å². The van der Waals surface area contributed by atoms with Gasteiger partial charge in [-0.3, -0.25) is 4.79 Å². The minimum atomic E-state index is -0.0463. The lowest BCUT2D eigenvalue weighted by molar-refractivity contribution is 0.0106. The van der Waals surface area contributed by atoms with Gasteiger partial charge in [0.15, 0.2) is 0 Å². The highest BCUT2D eigenvalue weighted by Gasteiger charge is 2.51. The number of carbonyl (C=O) groups excluding carboxylic acids is 1. The first-order valence-corrected chi connectivity index (χ1v) is 10.9. The Morgan fingerprint density at radius 3 is 2.83 bits per heavy atom. The third-order valence-electron chi connectivity index (χ3n) is 6.34. The summed E-state index contributed by atoms with van der Waals surface area (Å²) in [6.45, 7) is 7.95. The van der Waals surface area contributed by atoms with E-state index < -0.39 is 0 Å². The maximum atomic E-state index is 13.5. The molecule has 1 spiro atoms.